The highest BCUT2D eigenvalue weighted by Gasteiger charge is 2.51. The van der Waals surface area contributed by atoms with E-state index in [1.807, 2.05) is 30.3 Å². The number of fused-ring (bicyclic) bond motifs is 4. The van der Waals surface area contributed by atoms with E-state index in [0.29, 0.717) is 5.02 Å². The Morgan fingerprint density at radius 2 is 1.76 bits per heavy atom. The molecule has 3 aromatic rings. The van der Waals surface area contributed by atoms with E-state index >= 15 is 0 Å². The summed E-state index contributed by atoms with van der Waals surface area (Å²) in [6.45, 7) is 2.82. The SMILES string of the molecule is Fc1ccc(C2=CC3c4cc(Cl)ccc4OC4(CCN(Cc5ccccc5)CC4)N3N2)cc1. The zero-order valence-electron chi connectivity index (χ0n) is 18.2. The molecular formula is C27H25ClFN3O. The lowest BCUT2D eigenvalue weighted by Crippen LogP contribution is -2.63. The van der Waals surface area contributed by atoms with E-state index in [4.69, 9.17) is 16.3 Å². The van der Waals surface area contributed by atoms with Crippen LogP contribution in [0.1, 0.15) is 35.6 Å². The Hall–Kier alpha value is -2.86. The van der Waals surface area contributed by atoms with Gasteiger partial charge in [-0.1, -0.05) is 41.9 Å². The molecule has 4 nitrogen and oxygen atoms in total. The topological polar surface area (TPSA) is 27.7 Å². The summed E-state index contributed by atoms with van der Waals surface area (Å²) in [6.07, 6.45) is 3.94. The summed E-state index contributed by atoms with van der Waals surface area (Å²) in [5.74, 6) is 0.647. The van der Waals surface area contributed by atoms with Gasteiger partial charge in [0.25, 0.3) is 0 Å². The lowest BCUT2D eigenvalue weighted by Gasteiger charge is -2.51. The maximum Gasteiger partial charge on any atom is 0.182 e. The fraction of sp³-hybridized carbons (Fsp3) is 0.259. The molecule has 6 heteroatoms. The fourth-order valence-electron chi connectivity index (χ4n) is 5.19. The largest absolute Gasteiger partial charge is 0.470 e. The van der Waals surface area contributed by atoms with Gasteiger partial charge in [0, 0.05) is 43.1 Å². The molecule has 1 spiro atoms. The van der Waals surface area contributed by atoms with E-state index in [2.05, 4.69) is 51.7 Å². The van der Waals surface area contributed by atoms with Gasteiger partial charge < -0.3 is 10.2 Å². The van der Waals surface area contributed by atoms with Crippen molar-refractivity contribution < 1.29 is 9.13 Å². The maximum atomic E-state index is 13.5. The molecule has 0 aliphatic carbocycles. The first kappa shape index (κ1) is 20.7. The molecule has 0 saturated carbocycles. The van der Waals surface area contributed by atoms with E-state index in [9.17, 15) is 4.39 Å². The van der Waals surface area contributed by atoms with E-state index < -0.39 is 5.72 Å². The Morgan fingerprint density at radius 1 is 1.00 bits per heavy atom. The van der Waals surface area contributed by atoms with Gasteiger partial charge in [-0.15, -0.1) is 0 Å². The van der Waals surface area contributed by atoms with Crippen molar-refractivity contribution in [1.29, 1.82) is 0 Å². The second-order valence-electron chi connectivity index (χ2n) is 9.01. The summed E-state index contributed by atoms with van der Waals surface area (Å²) in [6, 6.07) is 23.0. The molecule has 3 aromatic carbocycles. The first-order chi connectivity index (χ1) is 16.1. The Bertz CT molecular complexity index is 1190. The highest BCUT2D eigenvalue weighted by atomic mass is 35.5. The number of halogens is 2. The average Bonchev–Trinajstić information content (AvgIpc) is 3.29. The predicted octanol–water partition coefficient (Wildman–Crippen LogP) is 5.77. The minimum Gasteiger partial charge on any atom is -0.470 e. The first-order valence-corrected chi connectivity index (χ1v) is 11.8. The van der Waals surface area contributed by atoms with Gasteiger partial charge in [-0.25, -0.2) is 4.39 Å². The molecule has 1 saturated heterocycles. The Balaban J connectivity index is 1.29. The van der Waals surface area contributed by atoms with Crippen LogP contribution in [0.3, 0.4) is 0 Å². The van der Waals surface area contributed by atoms with E-state index in [1.165, 1.54) is 17.7 Å². The van der Waals surface area contributed by atoms with Crippen LogP contribution in [-0.2, 0) is 6.54 Å². The lowest BCUT2D eigenvalue weighted by atomic mass is 9.92. The van der Waals surface area contributed by atoms with Crippen molar-refractivity contribution >= 4 is 17.3 Å². The second-order valence-corrected chi connectivity index (χ2v) is 9.44. The summed E-state index contributed by atoms with van der Waals surface area (Å²) in [7, 11) is 0. The number of ether oxygens (including phenoxy) is 1. The molecule has 3 aliphatic heterocycles. The molecule has 1 N–H and O–H groups in total. The van der Waals surface area contributed by atoms with Crippen molar-refractivity contribution in [2.24, 2.45) is 0 Å². The summed E-state index contributed by atoms with van der Waals surface area (Å²) < 4.78 is 20.2. The van der Waals surface area contributed by atoms with Gasteiger partial charge in [0.05, 0.1) is 11.7 Å². The number of hydrogen-bond acceptors (Lipinski definition) is 4. The van der Waals surface area contributed by atoms with Crippen molar-refractivity contribution in [1.82, 2.24) is 15.3 Å². The zero-order chi connectivity index (χ0) is 22.4. The molecule has 33 heavy (non-hydrogen) atoms. The first-order valence-electron chi connectivity index (χ1n) is 11.4. The van der Waals surface area contributed by atoms with Gasteiger partial charge in [-0.3, -0.25) is 4.90 Å². The minimum atomic E-state index is -0.461. The molecule has 1 atom stereocenters. The van der Waals surface area contributed by atoms with Crippen LogP contribution in [0, 0.1) is 5.82 Å². The Labute approximate surface area is 198 Å². The van der Waals surface area contributed by atoms with Crippen LogP contribution in [0.4, 0.5) is 4.39 Å². The van der Waals surface area contributed by atoms with Crippen LogP contribution in [0.5, 0.6) is 5.75 Å². The van der Waals surface area contributed by atoms with E-state index in [0.717, 1.165) is 55.0 Å². The quantitative estimate of drug-likeness (QED) is 0.536. The average molecular weight is 462 g/mol. The normalized spacial score (nSPS) is 21.6. The predicted molar refractivity (Wildman–Crippen MR) is 128 cm³/mol. The van der Waals surface area contributed by atoms with Gasteiger partial charge in [0.15, 0.2) is 5.72 Å². The highest BCUT2D eigenvalue weighted by molar-refractivity contribution is 6.30. The summed E-state index contributed by atoms with van der Waals surface area (Å²) in [5, 5.41) is 2.93. The monoisotopic (exact) mass is 461 g/mol. The van der Waals surface area contributed by atoms with Crippen molar-refractivity contribution in [3.05, 3.63) is 106 Å². The fourth-order valence-corrected chi connectivity index (χ4v) is 5.37. The van der Waals surface area contributed by atoms with Gasteiger partial charge >= 0.3 is 0 Å². The van der Waals surface area contributed by atoms with Crippen LogP contribution in [0.15, 0.2) is 78.9 Å². The number of hydrogen-bond donors (Lipinski definition) is 1. The maximum absolute atomic E-state index is 13.5. The summed E-state index contributed by atoms with van der Waals surface area (Å²) in [4.78, 5) is 2.49. The minimum absolute atomic E-state index is 0.00632. The van der Waals surface area contributed by atoms with Crippen molar-refractivity contribution in [2.75, 3.05) is 13.1 Å². The number of hydrazine groups is 1. The number of nitrogens with one attached hydrogen (secondary N) is 1. The lowest BCUT2D eigenvalue weighted by molar-refractivity contribution is -0.160. The molecule has 168 valence electrons. The zero-order valence-corrected chi connectivity index (χ0v) is 18.9. The van der Waals surface area contributed by atoms with Gasteiger partial charge in [-0.05, 0) is 59.7 Å². The van der Waals surface area contributed by atoms with Crippen molar-refractivity contribution in [3.8, 4) is 5.75 Å². The molecule has 3 heterocycles. The molecule has 1 fully saturated rings. The van der Waals surface area contributed by atoms with Crippen molar-refractivity contribution in [2.45, 2.75) is 31.2 Å². The smallest absolute Gasteiger partial charge is 0.182 e. The second kappa shape index (κ2) is 8.17. The summed E-state index contributed by atoms with van der Waals surface area (Å²) in [5.41, 5.74) is 7.42. The van der Waals surface area contributed by atoms with Crippen LogP contribution >= 0.6 is 11.6 Å². The number of rotatable bonds is 3. The molecule has 0 amide bonds. The standard InChI is InChI=1S/C27H25ClFN3O/c28-21-8-11-26-23(16-21)25-17-24(20-6-9-22(29)10-7-20)30-32(25)27(33-26)12-14-31(15-13-27)18-19-4-2-1-3-5-19/h1-11,16-17,25,30H,12-15,18H2. The third kappa shape index (κ3) is 3.80. The van der Waals surface area contributed by atoms with Gasteiger partial charge in [-0.2, -0.15) is 5.01 Å². The molecule has 1 unspecified atom stereocenters. The van der Waals surface area contributed by atoms with E-state index in [-0.39, 0.29) is 11.9 Å². The van der Waals surface area contributed by atoms with Crippen LogP contribution in [0.2, 0.25) is 5.02 Å². The van der Waals surface area contributed by atoms with E-state index in [1.54, 1.807) is 0 Å². The molecule has 0 radical (unpaired) electrons. The Morgan fingerprint density at radius 3 is 2.52 bits per heavy atom. The van der Waals surface area contributed by atoms with Gasteiger partial charge in [0.1, 0.15) is 11.6 Å². The number of likely N-dealkylation sites (tertiary alicyclic amines) is 1. The molecule has 3 aliphatic rings. The Kier molecular flexibility index (Phi) is 5.13. The van der Waals surface area contributed by atoms with Crippen LogP contribution in [0.25, 0.3) is 5.70 Å². The highest BCUT2D eigenvalue weighted by Crippen LogP contribution is 2.49. The van der Waals surface area contributed by atoms with Crippen molar-refractivity contribution in [3.63, 3.8) is 0 Å². The van der Waals surface area contributed by atoms with Gasteiger partial charge in [0.2, 0.25) is 0 Å². The third-order valence-electron chi connectivity index (χ3n) is 6.91. The third-order valence-corrected chi connectivity index (χ3v) is 7.15. The summed E-state index contributed by atoms with van der Waals surface area (Å²) >= 11 is 6.35. The van der Waals surface area contributed by atoms with Crippen LogP contribution < -0.4 is 10.2 Å². The number of benzene rings is 3. The van der Waals surface area contributed by atoms with Crippen LogP contribution in [-0.4, -0.2) is 28.7 Å². The number of piperidine rings is 1. The molecular weight excluding hydrogens is 437 g/mol. The number of nitrogens with zero attached hydrogens (tertiary/aromatic N) is 2. The molecule has 6 rings (SSSR count). The molecule has 0 aromatic heterocycles. The molecule has 0 bridgehead atoms.